The van der Waals surface area contributed by atoms with Crippen molar-refractivity contribution in [2.75, 3.05) is 12.3 Å². The van der Waals surface area contributed by atoms with Gasteiger partial charge in [0.1, 0.15) is 47.5 Å². The first-order chi connectivity index (χ1) is 10.5. The van der Waals surface area contributed by atoms with Gasteiger partial charge in [0.2, 0.25) is 0 Å². The third-order valence-corrected chi connectivity index (χ3v) is 4.01. The monoisotopic (exact) mass is 307 g/mol. The highest BCUT2D eigenvalue weighted by Gasteiger charge is 2.56. The summed E-state index contributed by atoms with van der Waals surface area (Å²) >= 11 is 0. The SMILES string of the molecule is CC1(C)O[C@@H]2[C@H](O1)[C@@H](CO)O[C@H]2c1n[nH]c2c(N)ncnc12. The van der Waals surface area contributed by atoms with E-state index in [9.17, 15) is 5.11 Å². The summed E-state index contributed by atoms with van der Waals surface area (Å²) in [6.07, 6.45) is -0.303. The Bertz CT molecular complexity index is 718. The minimum absolute atomic E-state index is 0.156. The number of ether oxygens (including phenoxy) is 3. The van der Waals surface area contributed by atoms with Crippen LogP contribution < -0.4 is 5.73 Å². The maximum atomic E-state index is 9.52. The number of aliphatic hydroxyl groups is 1. The first-order valence-corrected chi connectivity index (χ1v) is 7.06. The molecular formula is C13H17N5O4. The third-order valence-electron chi connectivity index (χ3n) is 4.01. The summed E-state index contributed by atoms with van der Waals surface area (Å²) in [4.78, 5) is 8.15. The number of nitrogens with one attached hydrogen (secondary N) is 1. The number of hydrogen-bond acceptors (Lipinski definition) is 8. The zero-order valence-electron chi connectivity index (χ0n) is 12.2. The molecule has 0 bridgehead atoms. The number of hydrogen-bond donors (Lipinski definition) is 3. The average Bonchev–Trinajstić information content (AvgIpc) is 3.10. The Morgan fingerprint density at radius 2 is 2.09 bits per heavy atom. The lowest BCUT2D eigenvalue weighted by molar-refractivity contribution is -0.191. The fourth-order valence-electron chi connectivity index (χ4n) is 3.12. The van der Waals surface area contributed by atoms with Crippen LogP contribution in [0.15, 0.2) is 6.33 Å². The summed E-state index contributed by atoms with van der Waals surface area (Å²) in [5.74, 6) is -0.411. The zero-order valence-corrected chi connectivity index (χ0v) is 12.2. The summed E-state index contributed by atoms with van der Waals surface area (Å²) in [7, 11) is 0. The zero-order chi connectivity index (χ0) is 15.5. The molecule has 2 fully saturated rings. The standard InChI is InChI=1S/C13H17N5O4/c1-13(2)21-9-5(3-19)20-10(11(9)22-13)7-6-8(18-17-7)12(14)16-4-15-6/h4-5,9-11,19H,3H2,1-2H3,(H,17,18)(H2,14,15,16)/t5-,9-,10+,11-/m1/s1. The van der Waals surface area contributed by atoms with Crippen molar-refractivity contribution < 1.29 is 19.3 Å². The van der Waals surface area contributed by atoms with Gasteiger partial charge in [0.05, 0.1) is 6.61 Å². The lowest BCUT2D eigenvalue weighted by atomic mass is 10.1. The molecule has 2 saturated heterocycles. The lowest BCUT2D eigenvalue weighted by Gasteiger charge is -2.22. The quantitative estimate of drug-likeness (QED) is 0.701. The maximum absolute atomic E-state index is 9.52. The summed E-state index contributed by atoms with van der Waals surface area (Å²) in [6, 6.07) is 0. The summed E-state index contributed by atoms with van der Waals surface area (Å²) < 4.78 is 17.7. The number of anilines is 1. The van der Waals surface area contributed by atoms with E-state index in [1.54, 1.807) is 0 Å². The number of aromatic amines is 1. The Kier molecular flexibility index (Phi) is 2.89. The fourth-order valence-corrected chi connectivity index (χ4v) is 3.12. The molecule has 0 radical (unpaired) electrons. The summed E-state index contributed by atoms with van der Waals surface area (Å²) in [6.45, 7) is 3.51. The van der Waals surface area contributed by atoms with Gasteiger partial charge in [-0.15, -0.1) is 0 Å². The number of rotatable bonds is 2. The Labute approximate surface area is 125 Å². The minimum Gasteiger partial charge on any atom is -0.394 e. The molecule has 4 heterocycles. The van der Waals surface area contributed by atoms with E-state index < -0.39 is 18.0 Å². The molecule has 0 saturated carbocycles. The molecule has 0 unspecified atom stereocenters. The van der Waals surface area contributed by atoms with E-state index in [0.29, 0.717) is 22.5 Å². The van der Waals surface area contributed by atoms with Crippen LogP contribution >= 0.6 is 0 Å². The van der Waals surface area contributed by atoms with Gasteiger partial charge in [0, 0.05) is 0 Å². The topological polar surface area (TPSA) is 128 Å². The van der Waals surface area contributed by atoms with Crippen molar-refractivity contribution in [2.24, 2.45) is 0 Å². The smallest absolute Gasteiger partial charge is 0.164 e. The highest BCUT2D eigenvalue weighted by molar-refractivity contribution is 5.85. The van der Waals surface area contributed by atoms with Gasteiger partial charge in [-0.25, -0.2) is 9.97 Å². The molecule has 0 amide bonds. The molecule has 0 aliphatic carbocycles. The van der Waals surface area contributed by atoms with Crippen LogP contribution in [0.25, 0.3) is 11.0 Å². The van der Waals surface area contributed by atoms with Crippen molar-refractivity contribution in [3.8, 4) is 0 Å². The molecule has 0 aromatic carbocycles. The van der Waals surface area contributed by atoms with Gasteiger partial charge in [-0.3, -0.25) is 5.10 Å². The van der Waals surface area contributed by atoms with Crippen molar-refractivity contribution in [1.29, 1.82) is 0 Å². The van der Waals surface area contributed by atoms with E-state index in [1.807, 2.05) is 13.8 Å². The summed E-state index contributed by atoms with van der Waals surface area (Å²) in [5.41, 5.74) is 7.54. The van der Waals surface area contributed by atoms with Crippen molar-refractivity contribution in [3.63, 3.8) is 0 Å². The molecule has 2 aromatic rings. The van der Waals surface area contributed by atoms with Crippen LogP contribution in [0.4, 0.5) is 5.82 Å². The van der Waals surface area contributed by atoms with Gasteiger partial charge < -0.3 is 25.1 Å². The second-order valence-corrected chi connectivity index (χ2v) is 5.93. The van der Waals surface area contributed by atoms with Crippen LogP contribution in [-0.4, -0.2) is 56.0 Å². The molecule has 4 atom stereocenters. The lowest BCUT2D eigenvalue weighted by Crippen LogP contribution is -2.31. The highest BCUT2D eigenvalue weighted by Crippen LogP contribution is 2.45. The van der Waals surface area contributed by atoms with Crippen LogP contribution in [-0.2, 0) is 14.2 Å². The molecule has 2 aliphatic heterocycles. The van der Waals surface area contributed by atoms with Crippen LogP contribution in [0, 0.1) is 0 Å². The predicted octanol–water partition coefficient (Wildman–Crippen LogP) is -0.113. The van der Waals surface area contributed by atoms with Crippen molar-refractivity contribution in [2.45, 2.75) is 44.1 Å². The van der Waals surface area contributed by atoms with Gasteiger partial charge in [0.15, 0.2) is 11.6 Å². The van der Waals surface area contributed by atoms with E-state index >= 15 is 0 Å². The average molecular weight is 307 g/mol. The molecule has 22 heavy (non-hydrogen) atoms. The highest BCUT2D eigenvalue weighted by atomic mass is 16.8. The van der Waals surface area contributed by atoms with E-state index in [-0.39, 0.29) is 18.8 Å². The van der Waals surface area contributed by atoms with E-state index in [0.717, 1.165) is 0 Å². The Morgan fingerprint density at radius 3 is 2.86 bits per heavy atom. The largest absolute Gasteiger partial charge is 0.394 e. The second kappa shape index (κ2) is 4.59. The Balaban J connectivity index is 1.77. The molecule has 4 rings (SSSR count). The Hall–Kier alpha value is -1.81. The predicted molar refractivity (Wildman–Crippen MR) is 74.6 cm³/mol. The molecule has 118 valence electrons. The van der Waals surface area contributed by atoms with Crippen molar-refractivity contribution in [3.05, 3.63) is 12.0 Å². The van der Waals surface area contributed by atoms with Gasteiger partial charge in [-0.1, -0.05) is 0 Å². The molecular weight excluding hydrogens is 290 g/mol. The minimum atomic E-state index is -0.731. The number of aromatic nitrogens is 4. The van der Waals surface area contributed by atoms with E-state index in [1.165, 1.54) is 6.33 Å². The number of nitrogens with two attached hydrogens (primary N) is 1. The van der Waals surface area contributed by atoms with Crippen LogP contribution in [0.3, 0.4) is 0 Å². The van der Waals surface area contributed by atoms with Crippen LogP contribution in [0.2, 0.25) is 0 Å². The number of aliphatic hydroxyl groups excluding tert-OH is 1. The van der Waals surface area contributed by atoms with Crippen LogP contribution in [0.5, 0.6) is 0 Å². The van der Waals surface area contributed by atoms with Gasteiger partial charge in [0.25, 0.3) is 0 Å². The second-order valence-electron chi connectivity index (χ2n) is 5.93. The van der Waals surface area contributed by atoms with Crippen molar-refractivity contribution in [1.82, 2.24) is 20.2 Å². The number of nitrogen functional groups attached to an aromatic ring is 1. The van der Waals surface area contributed by atoms with Crippen LogP contribution in [0.1, 0.15) is 25.6 Å². The van der Waals surface area contributed by atoms with Gasteiger partial charge >= 0.3 is 0 Å². The van der Waals surface area contributed by atoms with Gasteiger partial charge in [-0.2, -0.15) is 5.10 Å². The summed E-state index contributed by atoms with van der Waals surface area (Å²) in [5, 5.41) is 16.6. The molecule has 2 aliphatic rings. The van der Waals surface area contributed by atoms with Crippen molar-refractivity contribution >= 4 is 16.9 Å². The number of H-pyrrole nitrogens is 1. The van der Waals surface area contributed by atoms with E-state index in [2.05, 4.69) is 20.2 Å². The number of fused-ring (bicyclic) bond motifs is 2. The van der Waals surface area contributed by atoms with E-state index in [4.69, 9.17) is 19.9 Å². The molecule has 2 aromatic heterocycles. The molecule has 0 spiro atoms. The third kappa shape index (κ3) is 1.90. The first kappa shape index (κ1) is 13.8. The maximum Gasteiger partial charge on any atom is 0.164 e. The molecule has 4 N–H and O–H groups in total. The normalized spacial score (nSPS) is 33.4. The van der Waals surface area contributed by atoms with Gasteiger partial charge in [-0.05, 0) is 13.8 Å². The Morgan fingerprint density at radius 1 is 1.32 bits per heavy atom. The first-order valence-electron chi connectivity index (χ1n) is 7.06. The number of nitrogens with zero attached hydrogens (tertiary/aromatic N) is 3. The molecule has 9 heteroatoms. The fraction of sp³-hybridized carbons (Fsp3) is 0.615. The molecule has 9 nitrogen and oxygen atoms in total.